The van der Waals surface area contributed by atoms with Crippen molar-refractivity contribution in [2.24, 2.45) is 0 Å². The molecule has 1 N–H and O–H groups in total. The lowest BCUT2D eigenvalue weighted by atomic mass is 10.4. The summed E-state index contributed by atoms with van der Waals surface area (Å²) in [5, 5.41) is 3.15. The molecule has 1 aliphatic heterocycles. The Balaban J connectivity index is 2.54. The van der Waals surface area contributed by atoms with Gasteiger partial charge in [-0.3, -0.25) is 0 Å². The predicted molar refractivity (Wildman–Crippen MR) is 56.7 cm³/mol. The highest BCUT2D eigenvalue weighted by Crippen LogP contribution is 2.01. The van der Waals surface area contributed by atoms with E-state index >= 15 is 0 Å². The predicted octanol–water partition coefficient (Wildman–Crippen LogP) is -0.375. The van der Waals surface area contributed by atoms with Crippen molar-refractivity contribution < 1.29 is 9.59 Å². The minimum absolute atomic E-state index is 0.227. The van der Waals surface area contributed by atoms with Crippen LogP contribution in [0.4, 0.5) is 9.59 Å². The molecule has 1 saturated heterocycles. The van der Waals surface area contributed by atoms with Crippen molar-refractivity contribution in [2.75, 3.05) is 47.3 Å². The molecule has 15 heavy (non-hydrogen) atoms. The lowest BCUT2D eigenvalue weighted by molar-refractivity contribution is 0.146. The first kappa shape index (κ1) is 11.8. The van der Waals surface area contributed by atoms with E-state index in [4.69, 9.17) is 0 Å². The molecule has 0 aromatic carbocycles. The zero-order valence-electron chi connectivity index (χ0n) is 9.49. The lowest BCUT2D eigenvalue weighted by Crippen LogP contribution is -2.53. The number of hydrogen-bond donors (Lipinski definition) is 1. The summed E-state index contributed by atoms with van der Waals surface area (Å²) in [7, 11) is 4.76. The Morgan fingerprint density at radius 3 is 2.13 bits per heavy atom. The molecule has 1 rings (SSSR count). The SMILES string of the molecule is CN(C)C(=O)N(C)C(=O)N1CCNCC1. The average molecular weight is 214 g/mol. The Bertz CT molecular complexity index is 248. The van der Waals surface area contributed by atoms with Gasteiger partial charge in [0.1, 0.15) is 0 Å². The van der Waals surface area contributed by atoms with E-state index in [2.05, 4.69) is 5.32 Å². The van der Waals surface area contributed by atoms with E-state index in [1.54, 1.807) is 19.0 Å². The number of nitrogens with zero attached hydrogens (tertiary/aromatic N) is 3. The molecule has 0 aliphatic carbocycles. The lowest BCUT2D eigenvalue weighted by Gasteiger charge is -2.31. The molecular formula is C9H18N4O2. The van der Waals surface area contributed by atoms with Crippen LogP contribution >= 0.6 is 0 Å². The van der Waals surface area contributed by atoms with Crippen LogP contribution in [0.15, 0.2) is 0 Å². The van der Waals surface area contributed by atoms with E-state index in [9.17, 15) is 9.59 Å². The molecule has 0 unspecified atom stereocenters. The van der Waals surface area contributed by atoms with Crippen LogP contribution in [-0.4, -0.2) is 74.1 Å². The molecule has 0 aromatic heterocycles. The fourth-order valence-electron chi connectivity index (χ4n) is 1.45. The van der Waals surface area contributed by atoms with E-state index in [0.717, 1.165) is 18.0 Å². The van der Waals surface area contributed by atoms with Gasteiger partial charge in [-0.25, -0.2) is 14.5 Å². The Hall–Kier alpha value is -1.30. The van der Waals surface area contributed by atoms with Gasteiger partial charge in [-0.05, 0) is 0 Å². The number of piperazine rings is 1. The van der Waals surface area contributed by atoms with Crippen LogP contribution in [0.1, 0.15) is 0 Å². The molecule has 0 atom stereocenters. The van der Waals surface area contributed by atoms with Gasteiger partial charge < -0.3 is 15.1 Å². The zero-order valence-corrected chi connectivity index (χ0v) is 9.49. The summed E-state index contributed by atoms with van der Waals surface area (Å²) in [6, 6.07) is -0.520. The van der Waals surface area contributed by atoms with Gasteiger partial charge in [-0.1, -0.05) is 0 Å². The maximum atomic E-state index is 11.8. The summed E-state index contributed by atoms with van der Waals surface area (Å²) in [6.45, 7) is 2.89. The molecule has 0 aromatic rings. The minimum atomic E-state index is -0.293. The number of amides is 4. The van der Waals surface area contributed by atoms with Crippen molar-refractivity contribution in [2.45, 2.75) is 0 Å². The molecule has 0 saturated carbocycles. The highest BCUT2D eigenvalue weighted by Gasteiger charge is 2.24. The molecule has 0 bridgehead atoms. The molecule has 1 aliphatic rings. The summed E-state index contributed by atoms with van der Waals surface area (Å²) < 4.78 is 0. The summed E-state index contributed by atoms with van der Waals surface area (Å²) >= 11 is 0. The number of carbonyl (C=O) groups excluding carboxylic acids is 2. The van der Waals surface area contributed by atoms with Gasteiger partial charge in [0, 0.05) is 47.3 Å². The van der Waals surface area contributed by atoms with Gasteiger partial charge in [-0.2, -0.15) is 0 Å². The van der Waals surface area contributed by atoms with Crippen LogP contribution in [0.5, 0.6) is 0 Å². The summed E-state index contributed by atoms with van der Waals surface area (Å²) in [6.07, 6.45) is 0. The number of hydrogen-bond acceptors (Lipinski definition) is 3. The molecular weight excluding hydrogens is 196 g/mol. The Kier molecular flexibility index (Phi) is 3.90. The molecule has 0 radical (unpaired) electrons. The van der Waals surface area contributed by atoms with E-state index in [0.29, 0.717) is 13.1 Å². The number of imide groups is 1. The van der Waals surface area contributed by atoms with E-state index in [-0.39, 0.29) is 12.1 Å². The van der Waals surface area contributed by atoms with Crippen LogP contribution in [0.25, 0.3) is 0 Å². The fraction of sp³-hybridized carbons (Fsp3) is 0.778. The van der Waals surface area contributed by atoms with E-state index in [1.807, 2.05) is 0 Å². The molecule has 6 nitrogen and oxygen atoms in total. The van der Waals surface area contributed by atoms with Crippen LogP contribution < -0.4 is 5.32 Å². The Labute approximate surface area is 89.8 Å². The third-order valence-electron chi connectivity index (χ3n) is 2.34. The largest absolute Gasteiger partial charge is 0.330 e. The van der Waals surface area contributed by atoms with Gasteiger partial charge >= 0.3 is 12.1 Å². The van der Waals surface area contributed by atoms with Gasteiger partial charge in [-0.15, -0.1) is 0 Å². The normalized spacial score (nSPS) is 16.1. The first-order chi connectivity index (χ1) is 7.04. The quantitative estimate of drug-likeness (QED) is 0.598. The topological polar surface area (TPSA) is 55.9 Å². The highest BCUT2D eigenvalue weighted by atomic mass is 16.2. The third kappa shape index (κ3) is 2.82. The van der Waals surface area contributed by atoms with Crippen molar-refractivity contribution in [1.29, 1.82) is 0 Å². The van der Waals surface area contributed by atoms with Crippen molar-refractivity contribution in [3.63, 3.8) is 0 Å². The van der Waals surface area contributed by atoms with E-state index < -0.39 is 0 Å². The smallest absolute Gasteiger partial charge is 0.327 e. The maximum absolute atomic E-state index is 11.8. The maximum Gasteiger partial charge on any atom is 0.327 e. The first-order valence-corrected chi connectivity index (χ1v) is 4.98. The van der Waals surface area contributed by atoms with Gasteiger partial charge in [0.15, 0.2) is 0 Å². The molecule has 86 valence electrons. The van der Waals surface area contributed by atoms with Crippen LogP contribution in [0.2, 0.25) is 0 Å². The van der Waals surface area contributed by atoms with E-state index in [1.165, 1.54) is 11.9 Å². The Morgan fingerprint density at radius 1 is 1.13 bits per heavy atom. The van der Waals surface area contributed by atoms with Crippen LogP contribution in [0.3, 0.4) is 0 Å². The Morgan fingerprint density at radius 2 is 1.67 bits per heavy atom. The molecule has 1 fully saturated rings. The van der Waals surface area contributed by atoms with Crippen molar-refractivity contribution in [3.8, 4) is 0 Å². The summed E-state index contributed by atoms with van der Waals surface area (Å²) in [5.41, 5.74) is 0. The van der Waals surface area contributed by atoms with Gasteiger partial charge in [0.05, 0.1) is 0 Å². The molecule has 6 heteroatoms. The molecule has 1 heterocycles. The second-order valence-corrected chi connectivity index (χ2v) is 3.76. The van der Waals surface area contributed by atoms with Gasteiger partial charge in [0.25, 0.3) is 0 Å². The average Bonchev–Trinajstić information content (AvgIpc) is 2.27. The molecule has 0 spiro atoms. The van der Waals surface area contributed by atoms with Crippen molar-refractivity contribution in [1.82, 2.24) is 20.0 Å². The highest BCUT2D eigenvalue weighted by molar-refractivity contribution is 5.93. The number of nitrogens with one attached hydrogen (secondary N) is 1. The van der Waals surface area contributed by atoms with Crippen molar-refractivity contribution in [3.05, 3.63) is 0 Å². The monoisotopic (exact) mass is 214 g/mol. The third-order valence-corrected chi connectivity index (χ3v) is 2.34. The number of rotatable bonds is 0. The molecule has 4 amide bonds. The number of urea groups is 2. The second-order valence-electron chi connectivity index (χ2n) is 3.76. The standard InChI is InChI=1S/C9H18N4O2/c1-11(2)8(14)12(3)9(15)13-6-4-10-5-7-13/h10H,4-7H2,1-3H3. The fourth-order valence-corrected chi connectivity index (χ4v) is 1.45. The first-order valence-electron chi connectivity index (χ1n) is 4.98. The zero-order chi connectivity index (χ0) is 11.4. The second kappa shape index (κ2) is 4.97. The van der Waals surface area contributed by atoms with Crippen LogP contribution in [-0.2, 0) is 0 Å². The van der Waals surface area contributed by atoms with Crippen molar-refractivity contribution >= 4 is 12.1 Å². The summed E-state index contributed by atoms with van der Waals surface area (Å²) in [5.74, 6) is 0. The number of carbonyl (C=O) groups is 2. The summed E-state index contributed by atoms with van der Waals surface area (Å²) in [4.78, 5) is 27.5. The minimum Gasteiger partial charge on any atom is -0.330 e. The van der Waals surface area contributed by atoms with Crippen LogP contribution in [0, 0.1) is 0 Å². The van der Waals surface area contributed by atoms with Gasteiger partial charge in [0.2, 0.25) is 0 Å².